The van der Waals surface area contributed by atoms with Crippen LogP contribution in [-0.2, 0) is 9.59 Å². The molecule has 4 nitrogen and oxygen atoms in total. The molecule has 0 aromatic heterocycles. The van der Waals surface area contributed by atoms with Crippen LogP contribution in [0.1, 0.15) is 6.42 Å². The summed E-state index contributed by atoms with van der Waals surface area (Å²) < 4.78 is 0. The summed E-state index contributed by atoms with van der Waals surface area (Å²) in [5.41, 5.74) is 8.32. The Labute approximate surface area is 123 Å². The van der Waals surface area contributed by atoms with Crippen LogP contribution in [0.25, 0.3) is 11.1 Å². The predicted molar refractivity (Wildman–Crippen MR) is 81.5 cm³/mol. The highest BCUT2D eigenvalue weighted by molar-refractivity contribution is 6.00. The molecule has 2 N–H and O–H groups in total. The smallest absolute Gasteiger partial charge is 0.227 e. The van der Waals surface area contributed by atoms with Gasteiger partial charge in [0.1, 0.15) is 0 Å². The van der Waals surface area contributed by atoms with Gasteiger partial charge in [0, 0.05) is 18.7 Å². The maximum atomic E-state index is 12.0. The van der Waals surface area contributed by atoms with Gasteiger partial charge in [0.05, 0.1) is 5.92 Å². The Hall–Kier alpha value is -2.62. The van der Waals surface area contributed by atoms with E-state index >= 15 is 0 Å². The number of hydrogen-bond acceptors (Lipinski definition) is 2. The molecule has 0 saturated carbocycles. The van der Waals surface area contributed by atoms with E-state index in [-0.39, 0.29) is 18.2 Å². The zero-order chi connectivity index (χ0) is 14.8. The Morgan fingerprint density at radius 1 is 1.00 bits per heavy atom. The number of benzene rings is 2. The fourth-order valence-electron chi connectivity index (χ4n) is 2.61. The van der Waals surface area contributed by atoms with Gasteiger partial charge in [-0.15, -0.1) is 0 Å². The average molecular weight is 280 g/mol. The van der Waals surface area contributed by atoms with E-state index in [1.165, 1.54) is 0 Å². The van der Waals surface area contributed by atoms with Crippen molar-refractivity contribution in [3.05, 3.63) is 54.6 Å². The first-order chi connectivity index (χ1) is 10.1. The first kappa shape index (κ1) is 13.4. The van der Waals surface area contributed by atoms with Crippen molar-refractivity contribution in [2.45, 2.75) is 6.42 Å². The molecule has 106 valence electrons. The van der Waals surface area contributed by atoms with Gasteiger partial charge in [0.2, 0.25) is 11.8 Å². The Bertz CT molecular complexity index is 665. The number of primary amides is 1. The van der Waals surface area contributed by atoms with Gasteiger partial charge in [-0.25, -0.2) is 0 Å². The van der Waals surface area contributed by atoms with Gasteiger partial charge in [-0.1, -0.05) is 42.5 Å². The second-order valence-electron chi connectivity index (χ2n) is 5.22. The molecule has 1 fully saturated rings. The van der Waals surface area contributed by atoms with E-state index in [2.05, 4.69) is 0 Å². The van der Waals surface area contributed by atoms with Crippen LogP contribution in [0, 0.1) is 5.92 Å². The Kier molecular flexibility index (Phi) is 3.44. The molecule has 3 rings (SSSR count). The SMILES string of the molecule is NC(=O)[C@@H]1CC(=O)N(c2ccc(-c3ccccc3)cc2)C1. The second kappa shape index (κ2) is 5.40. The minimum Gasteiger partial charge on any atom is -0.369 e. The van der Waals surface area contributed by atoms with Crippen molar-refractivity contribution in [2.24, 2.45) is 11.7 Å². The van der Waals surface area contributed by atoms with Gasteiger partial charge >= 0.3 is 0 Å². The van der Waals surface area contributed by atoms with Crippen LogP contribution in [0.4, 0.5) is 5.69 Å². The van der Waals surface area contributed by atoms with Gasteiger partial charge in [-0.2, -0.15) is 0 Å². The standard InChI is InChI=1S/C17H16N2O2/c18-17(21)14-10-16(20)19(11-14)15-8-6-13(7-9-15)12-4-2-1-3-5-12/h1-9,14H,10-11H2,(H2,18,21)/t14-/m1/s1. The summed E-state index contributed by atoms with van der Waals surface area (Å²) in [6.07, 6.45) is 0.204. The van der Waals surface area contributed by atoms with Crippen molar-refractivity contribution in [1.29, 1.82) is 0 Å². The van der Waals surface area contributed by atoms with Crippen LogP contribution >= 0.6 is 0 Å². The summed E-state index contributed by atoms with van der Waals surface area (Å²) in [7, 11) is 0. The molecule has 1 saturated heterocycles. The van der Waals surface area contributed by atoms with E-state index in [0.717, 1.165) is 16.8 Å². The Morgan fingerprint density at radius 3 is 2.19 bits per heavy atom. The quantitative estimate of drug-likeness (QED) is 0.936. The lowest BCUT2D eigenvalue weighted by atomic mass is 10.1. The molecule has 0 spiro atoms. The first-order valence-electron chi connectivity index (χ1n) is 6.90. The number of hydrogen-bond donors (Lipinski definition) is 1. The van der Waals surface area contributed by atoms with Crippen LogP contribution in [0.3, 0.4) is 0 Å². The van der Waals surface area contributed by atoms with Gasteiger partial charge < -0.3 is 10.6 Å². The summed E-state index contributed by atoms with van der Waals surface area (Å²) in [6, 6.07) is 17.8. The molecule has 1 aliphatic rings. The van der Waals surface area contributed by atoms with Crippen LogP contribution in [0.5, 0.6) is 0 Å². The van der Waals surface area contributed by atoms with Crippen LogP contribution < -0.4 is 10.6 Å². The van der Waals surface area contributed by atoms with Crippen molar-refractivity contribution in [2.75, 3.05) is 11.4 Å². The lowest BCUT2D eigenvalue weighted by Gasteiger charge is -2.16. The van der Waals surface area contributed by atoms with E-state index in [1.807, 2.05) is 54.6 Å². The van der Waals surface area contributed by atoms with E-state index in [4.69, 9.17) is 5.73 Å². The third-order valence-electron chi connectivity index (χ3n) is 3.81. The molecular formula is C17H16N2O2. The molecule has 0 aliphatic carbocycles. The highest BCUT2D eigenvalue weighted by Crippen LogP contribution is 2.27. The van der Waals surface area contributed by atoms with Gasteiger partial charge in [-0.3, -0.25) is 9.59 Å². The minimum absolute atomic E-state index is 0.0498. The maximum Gasteiger partial charge on any atom is 0.227 e. The zero-order valence-corrected chi connectivity index (χ0v) is 11.5. The number of nitrogens with two attached hydrogens (primary N) is 1. The molecule has 1 heterocycles. The van der Waals surface area contributed by atoms with Crippen molar-refractivity contribution < 1.29 is 9.59 Å². The minimum atomic E-state index is -0.410. The lowest BCUT2D eigenvalue weighted by molar-refractivity contribution is -0.123. The van der Waals surface area contributed by atoms with Crippen molar-refractivity contribution in [1.82, 2.24) is 0 Å². The zero-order valence-electron chi connectivity index (χ0n) is 11.5. The number of rotatable bonds is 3. The molecule has 21 heavy (non-hydrogen) atoms. The van der Waals surface area contributed by atoms with Gasteiger partial charge in [0.25, 0.3) is 0 Å². The lowest BCUT2D eigenvalue weighted by Crippen LogP contribution is -2.28. The van der Waals surface area contributed by atoms with Crippen molar-refractivity contribution in [3.63, 3.8) is 0 Å². The molecule has 4 heteroatoms. The fraction of sp³-hybridized carbons (Fsp3) is 0.176. The van der Waals surface area contributed by atoms with E-state index in [0.29, 0.717) is 6.54 Å². The third-order valence-corrected chi connectivity index (χ3v) is 3.81. The molecule has 1 aliphatic heterocycles. The first-order valence-corrected chi connectivity index (χ1v) is 6.90. The molecule has 1 atom stereocenters. The normalized spacial score (nSPS) is 18.0. The molecule has 2 aromatic carbocycles. The van der Waals surface area contributed by atoms with E-state index < -0.39 is 5.91 Å². The topological polar surface area (TPSA) is 63.4 Å². The number of nitrogens with zero attached hydrogens (tertiary/aromatic N) is 1. The fourth-order valence-corrected chi connectivity index (χ4v) is 2.61. The summed E-state index contributed by atoms with van der Waals surface area (Å²) in [4.78, 5) is 24.8. The molecule has 0 radical (unpaired) electrons. The summed E-state index contributed by atoms with van der Waals surface area (Å²) in [6.45, 7) is 0.374. The molecule has 2 amide bonds. The highest BCUT2D eigenvalue weighted by Gasteiger charge is 2.33. The van der Waals surface area contributed by atoms with E-state index in [1.54, 1.807) is 4.90 Å². The van der Waals surface area contributed by atoms with Gasteiger partial charge in [-0.05, 0) is 23.3 Å². The van der Waals surface area contributed by atoms with Crippen molar-refractivity contribution in [3.8, 4) is 11.1 Å². The number of carbonyl (C=O) groups is 2. The van der Waals surface area contributed by atoms with Crippen LogP contribution in [0.2, 0.25) is 0 Å². The molecule has 2 aromatic rings. The molecule has 0 bridgehead atoms. The summed E-state index contributed by atoms with van der Waals surface area (Å²) in [5, 5.41) is 0. The summed E-state index contributed by atoms with van der Waals surface area (Å²) in [5.74, 6) is -0.843. The number of carbonyl (C=O) groups excluding carboxylic acids is 2. The van der Waals surface area contributed by atoms with Crippen LogP contribution in [-0.4, -0.2) is 18.4 Å². The molecular weight excluding hydrogens is 264 g/mol. The number of anilines is 1. The second-order valence-corrected chi connectivity index (χ2v) is 5.22. The Morgan fingerprint density at radius 2 is 1.62 bits per heavy atom. The highest BCUT2D eigenvalue weighted by atomic mass is 16.2. The number of amides is 2. The van der Waals surface area contributed by atoms with Gasteiger partial charge in [0.15, 0.2) is 0 Å². The summed E-state index contributed by atoms with van der Waals surface area (Å²) >= 11 is 0. The van der Waals surface area contributed by atoms with Crippen LogP contribution in [0.15, 0.2) is 54.6 Å². The third kappa shape index (κ3) is 2.65. The molecule has 0 unspecified atom stereocenters. The Balaban J connectivity index is 1.82. The predicted octanol–water partition coefficient (Wildman–Crippen LogP) is 2.19. The maximum absolute atomic E-state index is 12.0. The van der Waals surface area contributed by atoms with Crippen molar-refractivity contribution >= 4 is 17.5 Å². The average Bonchev–Trinajstić information content (AvgIpc) is 2.91. The monoisotopic (exact) mass is 280 g/mol. The largest absolute Gasteiger partial charge is 0.369 e. The van der Waals surface area contributed by atoms with E-state index in [9.17, 15) is 9.59 Å².